The smallest absolute Gasteiger partial charge is 0.410 e. The molecule has 0 aromatic heterocycles. The number of amides is 1. The molecule has 0 atom stereocenters. The van der Waals surface area contributed by atoms with E-state index in [0.29, 0.717) is 5.41 Å². The van der Waals surface area contributed by atoms with E-state index in [2.05, 4.69) is 20.8 Å². The van der Waals surface area contributed by atoms with E-state index in [1.807, 2.05) is 18.7 Å². The Morgan fingerprint density at radius 1 is 1.28 bits per heavy atom. The third kappa shape index (κ3) is 3.63. The van der Waals surface area contributed by atoms with Gasteiger partial charge in [0.1, 0.15) is 0 Å². The van der Waals surface area contributed by atoms with E-state index in [1.54, 1.807) is 0 Å². The summed E-state index contributed by atoms with van der Waals surface area (Å²) in [5.74, 6) is 0.746. The van der Waals surface area contributed by atoms with Gasteiger partial charge in [0.05, 0.1) is 6.10 Å². The van der Waals surface area contributed by atoms with Crippen LogP contribution in [-0.2, 0) is 4.74 Å². The van der Waals surface area contributed by atoms with Crippen molar-refractivity contribution in [3.05, 3.63) is 0 Å². The van der Waals surface area contributed by atoms with Crippen LogP contribution in [0.1, 0.15) is 60.3 Å². The van der Waals surface area contributed by atoms with Gasteiger partial charge in [0.2, 0.25) is 0 Å². The van der Waals surface area contributed by atoms with Gasteiger partial charge in [-0.15, -0.1) is 0 Å². The molecule has 18 heavy (non-hydrogen) atoms. The molecule has 0 radical (unpaired) electrons. The van der Waals surface area contributed by atoms with Crippen molar-refractivity contribution in [1.82, 2.24) is 4.90 Å². The predicted octanol–water partition coefficient (Wildman–Crippen LogP) is 4.07. The molecule has 0 aliphatic carbocycles. The molecule has 1 saturated heterocycles. The number of carbonyl (C=O) groups is 1. The molecule has 0 saturated carbocycles. The molecule has 1 aliphatic rings. The molecule has 1 amide bonds. The van der Waals surface area contributed by atoms with E-state index < -0.39 is 0 Å². The molecule has 0 unspecified atom stereocenters. The van der Waals surface area contributed by atoms with Crippen LogP contribution >= 0.6 is 0 Å². The van der Waals surface area contributed by atoms with Crippen LogP contribution in [0.3, 0.4) is 0 Å². The van der Waals surface area contributed by atoms with Gasteiger partial charge in [0.25, 0.3) is 0 Å². The zero-order chi connectivity index (χ0) is 13.8. The highest BCUT2D eigenvalue weighted by Crippen LogP contribution is 2.40. The monoisotopic (exact) mass is 255 g/mol. The molecule has 0 aromatic carbocycles. The Kier molecular flexibility index (Phi) is 5.48. The first-order valence-corrected chi connectivity index (χ1v) is 7.38. The molecule has 3 heteroatoms. The van der Waals surface area contributed by atoms with Crippen LogP contribution in [0.4, 0.5) is 4.79 Å². The fraction of sp³-hybridized carbons (Fsp3) is 0.933. The predicted molar refractivity (Wildman–Crippen MR) is 74.6 cm³/mol. The van der Waals surface area contributed by atoms with Gasteiger partial charge in [0.15, 0.2) is 0 Å². The van der Waals surface area contributed by atoms with Gasteiger partial charge in [-0.25, -0.2) is 4.79 Å². The van der Waals surface area contributed by atoms with Crippen LogP contribution in [0.15, 0.2) is 0 Å². The summed E-state index contributed by atoms with van der Waals surface area (Å²) in [5, 5.41) is 0. The maximum absolute atomic E-state index is 11.8. The SMILES string of the molecule is CCC(C)(CC)C1CCN(C(=O)OC(C)C)CC1. The standard InChI is InChI=1S/C15H29NO2/c1-6-15(5,7-2)13-8-10-16(11-9-13)14(17)18-12(3)4/h12-13H,6-11H2,1-5H3. The number of rotatable bonds is 4. The average Bonchev–Trinajstić information content (AvgIpc) is 2.37. The molecular weight excluding hydrogens is 226 g/mol. The Bertz CT molecular complexity index is 264. The van der Waals surface area contributed by atoms with Crippen LogP contribution in [0.5, 0.6) is 0 Å². The number of piperidine rings is 1. The normalized spacial score (nSPS) is 18.2. The first-order chi connectivity index (χ1) is 8.42. The van der Waals surface area contributed by atoms with E-state index in [0.717, 1.165) is 31.8 Å². The fourth-order valence-electron chi connectivity index (χ4n) is 2.86. The van der Waals surface area contributed by atoms with Crippen LogP contribution in [0.25, 0.3) is 0 Å². The van der Waals surface area contributed by atoms with E-state index >= 15 is 0 Å². The van der Waals surface area contributed by atoms with Gasteiger partial charge in [0, 0.05) is 13.1 Å². The third-order valence-corrected chi connectivity index (χ3v) is 4.69. The summed E-state index contributed by atoms with van der Waals surface area (Å²) in [6.07, 6.45) is 4.52. The number of carbonyl (C=O) groups excluding carboxylic acids is 1. The second kappa shape index (κ2) is 6.44. The molecule has 0 aromatic rings. The van der Waals surface area contributed by atoms with Crippen LogP contribution in [-0.4, -0.2) is 30.2 Å². The van der Waals surface area contributed by atoms with E-state index in [1.165, 1.54) is 12.8 Å². The summed E-state index contributed by atoms with van der Waals surface area (Å²) >= 11 is 0. The van der Waals surface area contributed by atoms with Gasteiger partial charge in [-0.2, -0.15) is 0 Å². The highest BCUT2D eigenvalue weighted by atomic mass is 16.6. The second-order valence-electron chi connectivity index (χ2n) is 6.05. The summed E-state index contributed by atoms with van der Waals surface area (Å²) in [6, 6.07) is 0. The van der Waals surface area contributed by atoms with Gasteiger partial charge in [-0.3, -0.25) is 0 Å². The van der Waals surface area contributed by atoms with E-state index in [4.69, 9.17) is 4.74 Å². The topological polar surface area (TPSA) is 29.5 Å². The van der Waals surface area contributed by atoms with Crippen molar-refractivity contribution < 1.29 is 9.53 Å². The molecule has 106 valence electrons. The molecule has 0 spiro atoms. The lowest BCUT2D eigenvalue weighted by molar-refractivity contribution is 0.0447. The highest BCUT2D eigenvalue weighted by Gasteiger charge is 2.34. The minimum Gasteiger partial charge on any atom is -0.447 e. The average molecular weight is 255 g/mol. The Morgan fingerprint density at radius 2 is 1.78 bits per heavy atom. The Balaban J connectivity index is 2.48. The van der Waals surface area contributed by atoms with Crippen LogP contribution in [0, 0.1) is 11.3 Å². The zero-order valence-electron chi connectivity index (χ0n) is 12.7. The van der Waals surface area contributed by atoms with Crippen molar-refractivity contribution >= 4 is 6.09 Å². The summed E-state index contributed by atoms with van der Waals surface area (Å²) in [6.45, 7) is 12.5. The lowest BCUT2D eigenvalue weighted by Crippen LogP contribution is -2.43. The molecule has 1 aliphatic heterocycles. The van der Waals surface area contributed by atoms with Crippen molar-refractivity contribution in [2.45, 2.75) is 66.4 Å². The van der Waals surface area contributed by atoms with Gasteiger partial charge in [-0.05, 0) is 38.0 Å². The molecule has 1 rings (SSSR count). The minimum absolute atomic E-state index is 0.0215. The second-order valence-corrected chi connectivity index (χ2v) is 6.05. The summed E-state index contributed by atoms with van der Waals surface area (Å²) in [5.41, 5.74) is 0.439. The van der Waals surface area contributed by atoms with Crippen molar-refractivity contribution in [2.75, 3.05) is 13.1 Å². The van der Waals surface area contributed by atoms with Gasteiger partial charge < -0.3 is 9.64 Å². The van der Waals surface area contributed by atoms with Crippen molar-refractivity contribution in [3.63, 3.8) is 0 Å². The van der Waals surface area contributed by atoms with E-state index in [-0.39, 0.29) is 12.2 Å². The third-order valence-electron chi connectivity index (χ3n) is 4.69. The largest absolute Gasteiger partial charge is 0.447 e. The first kappa shape index (κ1) is 15.3. The lowest BCUT2D eigenvalue weighted by Gasteiger charge is -2.41. The maximum Gasteiger partial charge on any atom is 0.410 e. The summed E-state index contributed by atoms with van der Waals surface area (Å²) in [4.78, 5) is 13.7. The van der Waals surface area contributed by atoms with Gasteiger partial charge >= 0.3 is 6.09 Å². The minimum atomic E-state index is -0.141. The molecule has 3 nitrogen and oxygen atoms in total. The van der Waals surface area contributed by atoms with Crippen molar-refractivity contribution in [2.24, 2.45) is 11.3 Å². The number of hydrogen-bond acceptors (Lipinski definition) is 2. The number of likely N-dealkylation sites (tertiary alicyclic amines) is 1. The highest BCUT2D eigenvalue weighted by molar-refractivity contribution is 5.67. The summed E-state index contributed by atoms with van der Waals surface area (Å²) < 4.78 is 5.25. The number of ether oxygens (including phenoxy) is 1. The molecule has 1 fully saturated rings. The van der Waals surface area contributed by atoms with Crippen molar-refractivity contribution in [1.29, 1.82) is 0 Å². The molecule has 1 heterocycles. The van der Waals surface area contributed by atoms with Gasteiger partial charge in [-0.1, -0.05) is 33.6 Å². The van der Waals surface area contributed by atoms with Crippen molar-refractivity contribution in [3.8, 4) is 0 Å². The zero-order valence-corrected chi connectivity index (χ0v) is 12.7. The molecular formula is C15H29NO2. The quantitative estimate of drug-likeness (QED) is 0.758. The lowest BCUT2D eigenvalue weighted by atomic mass is 9.69. The van der Waals surface area contributed by atoms with Crippen LogP contribution < -0.4 is 0 Å². The summed E-state index contributed by atoms with van der Waals surface area (Å²) in [7, 11) is 0. The number of hydrogen-bond donors (Lipinski definition) is 0. The Morgan fingerprint density at radius 3 is 2.17 bits per heavy atom. The first-order valence-electron chi connectivity index (χ1n) is 7.38. The Labute approximate surface area is 112 Å². The fourth-order valence-corrected chi connectivity index (χ4v) is 2.86. The molecule has 0 bridgehead atoms. The van der Waals surface area contributed by atoms with Crippen LogP contribution in [0.2, 0.25) is 0 Å². The Hall–Kier alpha value is -0.730. The van der Waals surface area contributed by atoms with E-state index in [9.17, 15) is 4.79 Å². The number of nitrogens with zero attached hydrogens (tertiary/aromatic N) is 1. The maximum atomic E-state index is 11.8. The molecule has 0 N–H and O–H groups in total.